The highest BCUT2D eigenvalue weighted by atomic mass is 19.1. The second-order valence-corrected chi connectivity index (χ2v) is 4.28. The van der Waals surface area contributed by atoms with Gasteiger partial charge in [0.1, 0.15) is 23.1 Å². The number of methoxy groups -OCH3 is 1. The van der Waals surface area contributed by atoms with E-state index >= 15 is 0 Å². The summed E-state index contributed by atoms with van der Waals surface area (Å²) >= 11 is 0. The first-order valence-electron chi connectivity index (χ1n) is 6.31. The molecule has 0 saturated carbocycles. The molecule has 122 valence electrons. The van der Waals surface area contributed by atoms with Crippen LogP contribution >= 0.6 is 0 Å². The lowest BCUT2D eigenvalue weighted by Gasteiger charge is -2.07. The van der Waals surface area contributed by atoms with Gasteiger partial charge in [-0.1, -0.05) is 12.1 Å². The molecule has 0 aliphatic carbocycles. The van der Waals surface area contributed by atoms with Gasteiger partial charge in [-0.05, 0) is 24.3 Å². The molecule has 2 aromatic carbocycles. The van der Waals surface area contributed by atoms with Crippen LogP contribution in [0.15, 0.2) is 36.4 Å². The fourth-order valence-corrected chi connectivity index (χ4v) is 1.73. The van der Waals surface area contributed by atoms with Crippen molar-refractivity contribution in [2.75, 3.05) is 7.11 Å². The minimum atomic E-state index is -1.98. The van der Waals surface area contributed by atoms with Crippen molar-refractivity contribution in [3.05, 3.63) is 48.0 Å². The van der Waals surface area contributed by atoms with Gasteiger partial charge in [0.15, 0.2) is 0 Å². The van der Waals surface area contributed by atoms with Crippen molar-refractivity contribution in [2.45, 2.75) is 0 Å². The van der Waals surface area contributed by atoms with E-state index in [1.807, 2.05) is 0 Å². The summed E-state index contributed by atoms with van der Waals surface area (Å²) in [5.41, 5.74) is -0.729. The summed E-state index contributed by atoms with van der Waals surface area (Å²) in [4.78, 5) is 0. The van der Waals surface area contributed by atoms with Crippen molar-refractivity contribution in [3.63, 3.8) is 0 Å². The Kier molecular flexibility index (Phi) is 6.98. The van der Waals surface area contributed by atoms with E-state index in [1.165, 1.54) is 31.4 Å². The Morgan fingerprint density at radius 1 is 0.826 bits per heavy atom. The number of hydrogen-bond acceptors (Lipinski definition) is 6. The Balaban J connectivity index is 0.000000231. The SMILES string of the molecule is COc1cccc(F)c1B(O)O.OB(O)c1c(O)cccc1F. The average Bonchev–Trinajstić information content (AvgIpc) is 2.46. The van der Waals surface area contributed by atoms with Gasteiger partial charge in [-0.25, -0.2) is 8.78 Å². The number of aromatic hydroxyl groups is 1. The van der Waals surface area contributed by atoms with Crippen molar-refractivity contribution in [1.29, 1.82) is 0 Å². The van der Waals surface area contributed by atoms with Crippen molar-refractivity contribution < 1.29 is 38.7 Å². The number of phenolic OH excluding ortho intramolecular Hbond substituents is 1. The van der Waals surface area contributed by atoms with Crippen LogP contribution in [0.25, 0.3) is 0 Å². The highest BCUT2D eigenvalue weighted by molar-refractivity contribution is 6.60. The number of rotatable bonds is 3. The van der Waals surface area contributed by atoms with E-state index in [1.54, 1.807) is 0 Å². The molecule has 0 fully saturated rings. The number of benzene rings is 2. The summed E-state index contributed by atoms with van der Waals surface area (Å²) in [7, 11) is -2.49. The molecule has 6 nitrogen and oxygen atoms in total. The largest absolute Gasteiger partial charge is 0.508 e. The predicted molar refractivity (Wildman–Crippen MR) is 80.7 cm³/mol. The molecule has 2 aromatic rings. The molecule has 0 spiro atoms. The molecular weight excluding hydrogens is 312 g/mol. The highest BCUT2D eigenvalue weighted by Crippen LogP contribution is 2.09. The van der Waals surface area contributed by atoms with Gasteiger partial charge < -0.3 is 29.9 Å². The lowest BCUT2D eigenvalue weighted by atomic mass is 9.79. The van der Waals surface area contributed by atoms with Gasteiger partial charge in [-0.15, -0.1) is 0 Å². The van der Waals surface area contributed by atoms with E-state index in [9.17, 15) is 8.78 Å². The second kappa shape index (κ2) is 8.49. The van der Waals surface area contributed by atoms with Crippen molar-refractivity contribution in [3.8, 4) is 11.5 Å². The first-order chi connectivity index (χ1) is 10.8. The first kappa shape index (κ1) is 18.9. The molecule has 0 heterocycles. The second-order valence-electron chi connectivity index (χ2n) is 4.28. The summed E-state index contributed by atoms with van der Waals surface area (Å²) in [5.74, 6) is -1.85. The highest BCUT2D eigenvalue weighted by Gasteiger charge is 2.21. The van der Waals surface area contributed by atoms with E-state index < -0.39 is 37.1 Å². The van der Waals surface area contributed by atoms with Gasteiger partial charge in [0.05, 0.1) is 18.0 Å². The standard InChI is InChI=1S/C7H8BFO3.C6H6BFO3/c1-12-6-4-2-3-5(9)7(6)8(10)11;8-4-2-1-3-5(9)6(4)7(10)11/h2-4,10-11H,1H3;1-3,9-11H. The Labute approximate surface area is 131 Å². The Hall–Kier alpha value is -2.13. The molecule has 0 aliphatic rings. The fourth-order valence-electron chi connectivity index (χ4n) is 1.73. The van der Waals surface area contributed by atoms with Crippen LogP contribution in [0.1, 0.15) is 0 Å². The van der Waals surface area contributed by atoms with Crippen LogP contribution < -0.4 is 15.7 Å². The van der Waals surface area contributed by atoms with E-state index in [-0.39, 0.29) is 11.2 Å². The predicted octanol–water partition coefficient (Wildman–Crippen LogP) is -1.27. The number of phenols is 1. The molecule has 0 amide bonds. The lowest BCUT2D eigenvalue weighted by molar-refractivity contribution is 0.398. The van der Waals surface area contributed by atoms with Crippen LogP contribution in [0.4, 0.5) is 8.78 Å². The first-order valence-corrected chi connectivity index (χ1v) is 6.31. The molecule has 23 heavy (non-hydrogen) atoms. The van der Waals surface area contributed by atoms with Gasteiger partial charge in [0.2, 0.25) is 0 Å². The number of hydrogen-bond donors (Lipinski definition) is 5. The van der Waals surface area contributed by atoms with Crippen LogP contribution in [0.3, 0.4) is 0 Å². The van der Waals surface area contributed by atoms with E-state index in [4.69, 9.17) is 29.9 Å². The Bertz CT molecular complexity index is 634. The normalized spacial score (nSPS) is 9.70. The van der Waals surface area contributed by atoms with Gasteiger partial charge in [0, 0.05) is 0 Å². The molecule has 5 N–H and O–H groups in total. The minimum absolute atomic E-state index is 0.130. The molecule has 0 atom stereocenters. The van der Waals surface area contributed by atoms with Crippen molar-refractivity contribution in [1.82, 2.24) is 0 Å². The molecule has 0 radical (unpaired) electrons. The zero-order chi connectivity index (χ0) is 17.6. The summed E-state index contributed by atoms with van der Waals surface area (Å²) in [6.07, 6.45) is 0. The monoisotopic (exact) mass is 326 g/mol. The number of halogens is 2. The third kappa shape index (κ3) is 4.93. The average molecular weight is 326 g/mol. The molecule has 2 rings (SSSR count). The minimum Gasteiger partial charge on any atom is -0.508 e. The summed E-state index contributed by atoms with van der Waals surface area (Å²) in [6, 6.07) is 7.51. The third-order valence-corrected chi connectivity index (χ3v) is 2.78. The van der Waals surface area contributed by atoms with Crippen LogP contribution in [0.2, 0.25) is 0 Å². The van der Waals surface area contributed by atoms with Gasteiger partial charge in [-0.3, -0.25) is 0 Å². The van der Waals surface area contributed by atoms with Crippen LogP contribution in [-0.2, 0) is 0 Å². The zero-order valence-electron chi connectivity index (χ0n) is 12.0. The quantitative estimate of drug-likeness (QED) is 0.450. The van der Waals surface area contributed by atoms with Gasteiger partial charge in [-0.2, -0.15) is 0 Å². The van der Waals surface area contributed by atoms with Crippen molar-refractivity contribution >= 4 is 25.2 Å². The molecule has 0 aromatic heterocycles. The van der Waals surface area contributed by atoms with E-state index in [2.05, 4.69) is 0 Å². The summed E-state index contributed by atoms with van der Waals surface area (Å²) in [6.45, 7) is 0. The van der Waals surface area contributed by atoms with Gasteiger partial charge in [0.25, 0.3) is 0 Å². The maximum absolute atomic E-state index is 12.9. The topological polar surface area (TPSA) is 110 Å². The smallest absolute Gasteiger partial charge is 0.495 e. The Morgan fingerprint density at radius 3 is 1.65 bits per heavy atom. The maximum atomic E-state index is 12.9. The maximum Gasteiger partial charge on any atom is 0.495 e. The lowest BCUT2D eigenvalue weighted by Crippen LogP contribution is -2.33. The van der Waals surface area contributed by atoms with Crippen LogP contribution in [-0.4, -0.2) is 46.5 Å². The van der Waals surface area contributed by atoms with E-state index in [0.29, 0.717) is 0 Å². The van der Waals surface area contributed by atoms with Crippen LogP contribution in [0, 0.1) is 11.6 Å². The molecule has 0 unspecified atom stereocenters. The fraction of sp³-hybridized carbons (Fsp3) is 0.0769. The third-order valence-electron chi connectivity index (χ3n) is 2.78. The molecular formula is C13H14B2F2O6. The molecule has 10 heteroatoms. The summed E-state index contributed by atoms with van der Waals surface area (Å²) in [5, 5.41) is 43.5. The molecule has 0 saturated heterocycles. The van der Waals surface area contributed by atoms with E-state index in [0.717, 1.165) is 12.1 Å². The number of ether oxygens (including phenoxy) is 1. The van der Waals surface area contributed by atoms with Crippen LogP contribution in [0.5, 0.6) is 11.5 Å². The molecule has 0 aliphatic heterocycles. The zero-order valence-corrected chi connectivity index (χ0v) is 12.0. The Morgan fingerprint density at radius 2 is 1.30 bits per heavy atom. The van der Waals surface area contributed by atoms with Crippen molar-refractivity contribution in [2.24, 2.45) is 0 Å². The van der Waals surface area contributed by atoms with Gasteiger partial charge >= 0.3 is 14.2 Å². The molecule has 0 bridgehead atoms. The summed E-state index contributed by atoms with van der Waals surface area (Å²) < 4.78 is 30.2.